The highest BCUT2D eigenvalue weighted by atomic mass is 32.1. The molecule has 3 rings (SSSR count). The summed E-state index contributed by atoms with van der Waals surface area (Å²) in [5.41, 5.74) is 11.7. The van der Waals surface area contributed by atoms with E-state index in [9.17, 15) is 0 Å². The lowest BCUT2D eigenvalue weighted by Crippen LogP contribution is -2.27. The Bertz CT molecular complexity index is 814. The summed E-state index contributed by atoms with van der Waals surface area (Å²) in [7, 11) is 0. The summed E-state index contributed by atoms with van der Waals surface area (Å²) < 4.78 is 2.44. The van der Waals surface area contributed by atoms with Crippen molar-refractivity contribution in [2.45, 2.75) is 37.5 Å². The fraction of sp³-hybridized carbons (Fsp3) is 0.286. The molecule has 0 atom stereocenters. The maximum atomic E-state index is 5.78. The molecule has 0 aromatic heterocycles. The smallest absolute Gasteiger partial charge is 0.209 e. The zero-order chi connectivity index (χ0) is 17.3. The van der Waals surface area contributed by atoms with Crippen LogP contribution in [0.3, 0.4) is 0 Å². The van der Waals surface area contributed by atoms with E-state index >= 15 is 0 Å². The zero-order valence-electron chi connectivity index (χ0n) is 14.6. The van der Waals surface area contributed by atoms with E-state index in [4.69, 9.17) is 5.73 Å². The molecular formula is C21H25N2S+. The van der Waals surface area contributed by atoms with Crippen LogP contribution in [0.15, 0.2) is 53.4 Å². The second-order valence-electron chi connectivity index (χ2n) is 6.86. The van der Waals surface area contributed by atoms with Crippen molar-refractivity contribution >= 4 is 35.8 Å². The third-order valence-corrected chi connectivity index (χ3v) is 4.97. The first-order chi connectivity index (χ1) is 11.4. The monoisotopic (exact) mass is 337 g/mol. The van der Waals surface area contributed by atoms with Gasteiger partial charge >= 0.3 is 0 Å². The van der Waals surface area contributed by atoms with Crippen LogP contribution in [-0.2, 0) is 5.41 Å². The molecule has 1 heterocycles. The van der Waals surface area contributed by atoms with Crippen LogP contribution in [-0.4, -0.2) is 16.8 Å². The molecule has 0 saturated heterocycles. The first kappa shape index (κ1) is 16.8. The topological polar surface area (TPSA) is 29.0 Å². The van der Waals surface area contributed by atoms with E-state index in [2.05, 4.69) is 80.5 Å². The lowest BCUT2D eigenvalue weighted by atomic mass is 9.81. The lowest BCUT2D eigenvalue weighted by Gasteiger charge is -2.15. The zero-order valence-corrected chi connectivity index (χ0v) is 15.5. The molecule has 3 heteroatoms. The van der Waals surface area contributed by atoms with Crippen molar-refractivity contribution in [3.05, 3.63) is 59.7 Å². The van der Waals surface area contributed by atoms with Crippen LogP contribution in [0.2, 0.25) is 0 Å². The Hall–Kier alpha value is -2.00. The van der Waals surface area contributed by atoms with Crippen molar-refractivity contribution in [1.29, 1.82) is 0 Å². The first-order valence-corrected chi connectivity index (χ1v) is 8.90. The second-order valence-corrected chi connectivity index (χ2v) is 7.38. The van der Waals surface area contributed by atoms with Gasteiger partial charge < -0.3 is 5.73 Å². The molecule has 0 amide bonds. The van der Waals surface area contributed by atoms with E-state index < -0.39 is 0 Å². The molecule has 0 fully saturated rings. The number of rotatable bonds is 4. The summed E-state index contributed by atoms with van der Waals surface area (Å²) in [5, 5.41) is 0. The molecule has 2 aromatic carbocycles. The number of anilines is 1. The molecule has 1 aliphatic heterocycles. The van der Waals surface area contributed by atoms with Crippen LogP contribution in [0.1, 0.15) is 38.3 Å². The maximum absolute atomic E-state index is 5.78. The van der Waals surface area contributed by atoms with Gasteiger partial charge in [-0.05, 0) is 49.8 Å². The third kappa shape index (κ3) is 3.01. The van der Waals surface area contributed by atoms with Crippen LogP contribution in [0, 0.1) is 0 Å². The van der Waals surface area contributed by atoms with Gasteiger partial charge in [-0.15, -0.1) is 12.6 Å². The standard InChI is InChI=1S/C21H24N2S/c1-4-13-23-19-11-10-17(24)14-18(19)21(2,3)20(23)12-7-15-5-8-16(22)9-6-15/h5-12,14,22,24H,4,13H2,1-3H3/p+1. The number of allylic oxidation sites excluding steroid dienone is 1. The van der Waals surface area contributed by atoms with Crippen molar-refractivity contribution in [3.8, 4) is 0 Å². The fourth-order valence-corrected chi connectivity index (χ4v) is 3.61. The van der Waals surface area contributed by atoms with Crippen LogP contribution in [0.4, 0.5) is 11.4 Å². The highest BCUT2D eigenvalue weighted by Gasteiger charge is 2.43. The molecule has 2 N–H and O–H groups in total. The van der Waals surface area contributed by atoms with Crippen molar-refractivity contribution in [3.63, 3.8) is 0 Å². The van der Waals surface area contributed by atoms with Crippen LogP contribution < -0.4 is 5.73 Å². The van der Waals surface area contributed by atoms with E-state index in [1.165, 1.54) is 17.0 Å². The van der Waals surface area contributed by atoms with Crippen LogP contribution in [0.5, 0.6) is 0 Å². The normalized spacial score (nSPS) is 16.0. The minimum absolute atomic E-state index is 0.0342. The van der Waals surface area contributed by atoms with Gasteiger partial charge in [0.2, 0.25) is 5.69 Å². The number of nitrogen functional groups attached to an aromatic ring is 1. The highest BCUT2D eigenvalue weighted by Crippen LogP contribution is 2.41. The number of benzene rings is 2. The van der Waals surface area contributed by atoms with Gasteiger partial charge in [-0.2, -0.15) is 4.58 Å². The van der Waals surface area contributed by atoms with Crippen molar-refractivity contribution in [1.82, 2.24) is 0 Å². The molecule has 2 nitrogen and oxygen atoms in total. The molecule has 0 saturated carbocycles. The molecule has 0 unspecified atom stereocenters. The number of nitrogens with two attached hydrogens (primary N) is 1. The fourth-order valence-electron chi connectivity index (χ4n) is 3.41. The Labute approximate surface area is 150 Å². The average molecular weight is 338 g/mol. The predicted octanol–water partition coefficient (Wildman–Crippen LogP) is 5.06. The highest BCUT2D eigenvalue weighted by molar-refractivity contribution is 7.80. The Morgan fingerprint density at radius 3 is 2.46 bits per heavy atom. The van der Waals surface area contributed by atoms with Gasteiger partial charge in [0.25, 0.3) is 0 Å². The Morgan fingerprint density at radius 1 is 1.08 bits per heavy atom. The molecule has 0 radical (unpaired) electrons. The van der Waals surface area contributed by atoms with E-state index in [0.29, 0.717) is 0 Å². The number of hydrogen-bond acceptors (Lipinski definition) is 2. The largest absolute Gasteiger partial charge is 0.399 e. The SMILES string of the molecule is CCC[N+]1=C(/C=C/c2ccc(N)cc2)C(C)(C)c2cc(S)ccc21. The van der Waals surface area contributed by atoms with E-state index in [1.54, 1.807) is 0 Å². The van der Waals surface area contributed by atoms with Gasteiger partial charge in [-0.1, -0.05) is 19.1 Å². The van der Waals surface area contributed by atoms with Gasteiger partial charge in [-0.3, -0.25) is 0 Å². The number of nitrogens with zero attached hydrogens (tertiary/aromatic N) is 1. The Balaban J connectivity index is 2.06. The van der Waals surface area contributed by atoms with Crippen molar-refractivity contribution in [2.75, 3.05) is 12.3 Å². The van der Waals surface area contributed by atoms with Crippen LogP contribution in [0.25, 0.3) is 6.08 Å². The summed E-state index contributed by atoms with van der Waals surface area (Å²) in [4.78, 5) is 1.02. The number of thiol groups is 1. The number of hydrogen-bond donors (Lipinski definition) is 2. The molecule has 2 aromatic rings. The molecule has 1 aliphatic rings. The van der Waals surface area contributed by atoms with E-state index in [1.807, 2.05) is 12.1 Å². The number of fused-ring (bicyclic) bond motifs is 1. The summed E-state index contributed by atoms with van der Waals surface area (Å²) in [6.07, 6.45) is 5.53. The quantitative estimate of drug-likeness (QED) is 0.456. The van der Waals surface area contributed by atoms with Gasteiger partial charge in [-0.25, -0.2) is 0 Å². The summed E-state index contributed by atoms with van der Waals surface area (Å²) in [5.74, 6) is 0. The summed E-state index contributed by atoms with van der Waals surface area (Å²) in [6.45, 7) is 7.82. The van der Waals surface area contributed by atoms with Gasteiger partial charge in [0, 0.05) is 34.7 Å². The van der Waals surface area contributed by atoms with E-state index in [-0.39, 0.29) is 5.41 Å². The van der Waals surface area contributed by atoms with Crippen LogP contribution >= 0.6 is 12.6 Å². The molecular weight excluding hydrogens is 312 g/mol. The second kappa shape index (κ2) is 6.48. The molecule has 0 aliphatic carbocycles. The minimum atomic E-state index is -0.0342. The van der Waals surface area contributed by atoms with Crippen molar-refractivity contribution in [2.24, 2.45) is 0 Å². The lowest BCUT2D eigenvalue weighted by molar-refractivity contribution is -0.437. The van der Waals surface area contributed by atoms with Crippen molar-refractivity contribution < 1.29 is 4.58 Å². The third-order valence-electron chi connectivity index (χ3n) is 4.69. The van der Waals surface area contributed by atoms with Gasteiger partial charge in [0.1, 0.15) is 6.54 Å². The molecule has 24 heavy (non-hydrogen) atoms. The Kier molecular flexibility index (Phi) is 4.55. The average Bonchev–Trinajstić information content (AvgIpc) is 2.75. The molecule has 0 spiro atoms. The van der Waals surface area contributed by atoms with Gasteiger partial charge in [0.15, 0.2) is 5.71 Å². The first-order valence-electron chi connectivity index (χ1n) is 8.45. The van der Waals surface area contributed by atoms with E-state index in [0.717, 1.165) is 29.1 Å². The maximum Gasteiger partial charge on any atom is 0.209 e. The summed E-state index contributed by atoms with van der Waals surface area (Å²) in [6, 6.07) is 14.5. The minimum Gasteiger partial charge on any atom is -0.399 e. The van der Waals surface area contributed by atoms with Gasteiger partial charge in [0.05, 0.1) is 5.41 Å². The molecule has 0 bridgehead atoms. The summed E-state index contributed by atoms with van der Waals surface area (Å²) >= 11 is 4.53. The predicted molar refractivity (Wildman–Crippen MR) is 107 cm³/mol. The molecule has 124 valence electrons. The Morgan fingerprint density at radius 2 is 1.79 bits per heavy atom.